The second-order valence-electron chi connectivity index (χ2n) is 9.87. The van der Waals surface area contributed by atoms with E-state index in [-0.39, 0.29) is 35.1 Å². The number of imide groups is 1. The summed E-state index contributed by atoms with van der Waals surface area (Å²) in [6.45, 7) is 1.59. The molecule has 1 aliphatic carbocycles. The molecule has 7 heteroatoms. The van der Waals surface area contributed by atoms with Crippen LogP contribution in [-0.2, 0) is 25.5 Å². The van der Waals surface area contributed by atoms with E-state index in [1.807, 2.05) is 37.3 Å². The van der Waals surface area contributed by atoms with Gasteiger partial charge >= 0.3 is 5.97 Å². The Hall–Kier alpha value is -4.26. The SMILES string of the molecule is CCc1ccc(NC(=O)COC(=O)c2cccc(N3C(=O)[C@H]4C[C@H](c5ccccc5)CC[C@H]4C3=O)c2)cc1. The van der Waals surface area contributed by atoms with Gasteiger partial charge in [0.1, 0.15) is 0 Å². The van der Waals surface area contributed by atoms with E-state index in [2.05, 4.69) is 17.4 Å². The van der Waals surface area contributed by atoms with Crippen LogP contribution < -0.4 is 10.2 Å². The second-order valence-corrected chi connectivity index (χ2v) is 9.87. The van der Waals surface area contributed by atoms with E-state index in [9.17, 15) is 19.2 Å². The summed E-state index contributed by atoms with van der Waals surface area (Å²) >= 11 is 0. The van der Waals surface area contributed by atoms with Gasteiger partial charge in [0, 0.05) is 5.69 Å². The highest BCUT2D eigenvalue weighted by molar-refractivity contribution is 6.22. The van der Waals surface area contributed by atoms with Crippen molar-refractivity contribution in [2.75, 3.05) is 16.8 Å². The number of aryl methyl sites for hydroxylation is 1. The molecule has 7 nitrogen and oxygen atoms in total. The summed E-state index contributed by atoms with van der Waals surface area (Å²) in [5, 5.41) is 2.70. The number of ether oxygens (including phenoxy) is 1. The van der Waals surface area contributed by atoms with Crippen LogP contribution in [0.15, 0.2) is 78.9 Å². The van der Waals surface area contributed by atoms with Crippen LogP contribution in [0.5, 0.6) is 0 Å². The molecule has 38 heavy (non-hydrogen) atoms. The van der Waals surface area contributed by atoms with E-state index in [1.54, 1.807) is 24.3 Å². The molecular formula is C31H30N2O5. The molecule has 3 atom stereocenters. The number of amides is 3. The summed E-state index contributed by atoms with van der Waals surface area (Å²) in [5.74, 6) is -2.07. The Kier molecular flexibility index (Phi) is 7.36. The summed E-state index contributed by atoms with van der Waals surface area (Å²) < 4.78 is 5.20. The van der Waals surface area contributed by atoms with Crippen LogP contribution in [0.1, 0.15) is 53.6 Å². The highest BCUT2D eigenvalue weighted by atomic mass is 16.5. The molecule has 2 fully saturated rings. The number of carbonyl (C=O) groups is 4. The average molecular weight is 511 g/mol. The number of benzene rings is 3. The van der Waals surface area contributed by atoms with Gasteiger partial charge in [-0.25, -0.2) is 4.79 Å². The van der Waals surface area contributed by atoms with Gasteiger partial charge in [-0.1, -0.05) is 55.5 Å². The molecule has 3 amide bonds. The average Bonchev–Trinajstić information content (AvgIpc) is 3.21. The van der Waals surface area contributed by atoms with Crippen molar-refractivity contribution in [2.24, 2.45) is 11.8 Å². The molecule has 5 rings (SSSR count). The van der Waals surface area contributed by atoms with E-state index in [0.29, 0.717) is 24.2 Å². The van der Waals surface area contributed by atoms with Crippen molar-refractivity contribution < 1.29 is 23.9 Å². The molecule has 3 aromatic rings. The largest absolute Gasteiger partial charge is 0.452 e. The fourth-order valence-electron chi connectivity index (χ4n) is 5.47. The van der Waals surface area contributed by atoms with Crippen molar-refractivity contribution in [1.82, 2.24) is 0 Å². The number of hydrogen-bond donors (Lipinski definition) is 1. The molecular weight excluding hydrogens is 480 g/mol. The van der Waals surface area contributed by atoms with Crippen LogP contribution >= 0.6 is 0 Å². The van der Waals surface area contributed by atoms with Crippen molar-refractivity contribution in [2.45, 2.75) is 38.5 Å². The van der Waals surface area contributed by atoms with Crippen molar-refractivity contribution in [3.05, 3.63) is 95.6 Å². The number of anilines is 2. The minimum absolute atomic E-state index is 0.167. The lowest BCUT2D eigenvalue weighted by molar-refractivity contribution is -0.122. The fraction of sp³-hybridized carbons (Fsp3) is 0.290. The Balaban J connectivity index is 1.23. The first-order valence-electron chi connectivity index (χ1n) is 13.0. The molecule has 1 heterocycles. The smallest absolute Gasteiger partial charge is 0.338 e. The number of rotatable bonds is 7. The molecule has 2 aliphatic rings. The lowest BCUT2D eigenvalue weighted by Crippen LogP contribution is -2.31. The Morgan fingerprint density at radius 3 is 2.37 bits per heavy atom. The van der Waals surface area contributed by atoms with Gasteiger partial charge in [-0.3, -0.25) is 19.3 Å². The maximum absolute atomic E-state index is 13.4. The van der Waals surface area contributed by atoms with Gasteiger partial charge in [0.05, 0.1) is 23.1 Å². The highest BCUT2D eigenvalue weighted by Crippen LogP contribution is 2.45. The number of nitrogens with zero attached hydrogens (tertiary/aromatic N) is 1. The minimum Gasteiger partial charge on any atom is -0.452 e. The Bertz CT molecular complexity index is 1350. The molecule has 0 unspecified atom stereocenters. The number of hydrogen-bond acceptors (Lipinski definition) is 5. The first-order chi connectivity index (χ1) is 18.4. The number of esters is 1. The van der Waals surface area contributed by atoms with E-state index >= 15 is 0 Å². The standard InChI is InChI=1S/C31H30N2O5/c1-2-20-11-14-24(15-12-20)32-28(34)19-38-31(37)23-9-6-10-25(17-23)33-29(35)26-16-13-22(18-27(26)30(33)36)21-7-4-3-5-8-21/h3-12,14-15,17,22,26-27H,2,13,16,18-19H2,1H3,(H,32,34)/t22-,26-,27+/m1/s1. The summed E-state index contributed by atoms with van der Waals surface area (Å²) in [4.78, 5) is 52.8. The Labute approximate surface area is 221 Å². The summed E-state index contributed by atoms with van der Waals surface area (Å²) in [5.41, 5.74) is 3.48. The topological polar surface area (TPSA) is 92.8 Å². The van der Waals surface area contributed by atoms with E-state index in [0.717, 1.165) is 18.4 Å². The number of nitrogens with one attached hydrogen (secondary N) is 1. The van der Waals surface area contributed by atoms with Crippen molar-refractivity contribution in [3.63, 3.8) is 0 Å². The van der Waals surface area contributed by atoms with Crippen LogP contribution in [0.2, 0.25) is 0 Å². The lowest BCUT2D eigenvalue weighted by Gasteiger charge is -2.28. The zero-order valence-corrected chi connectivity index (χ0v) is 21.3. The third-order valence-corrected chi connectivity index (χ3v) is 7.52. The predicted octanol–water partition coefficient (Wildman–Crippen LogP) is 5.12. The number of fused-ring (bicyclic) bond motifs is 1. The third kappa shape index (κ3) is 5.23. The monoisotopic (exact) mass is 510 g/mol. The summed E-state index contributed by atoms with van der Waals surface area (Å²) in [7, 11) is 0. The minimum atomic E-state index is -0.705. The molecule has 0 aromatic heterocycles. The molecule has 3 aromatic carbocycles. The van der Waals surface area contributed by atoms with Gasteiger partial charge in [0.2, 0.25) is 11.8 Å². The van der Waals surface area contributed by atoms with E-state index in [1.165, 1.54) is 22.6 Å². The van der Waals surface area contributed by atoms with Gasteiger partial charge < -0.3 is 10.1 Å². The molecule has 0 bridgehead atoms. The molecule has 194 valence electrons. The van der Waals surface area contributed by atoms with Crippen LogP contribution in [0.25, 0.3) is 0 Å². The Morgan fingerprint density at radius 1 is 0.895 bits per heavy atom. The first-order valence-corrected chi connectivity index (χ1v) is 13.0. The summed E-state index contributed by atoms with van der Waals surface area (Å²) in [6, 6.07) is 23.8. The molecule has 1 N–H and O–H groups in total. The molecule has 0 radical (unpaired) electrons. The first kappa shape index (κ1) is 25.4. The maximum Gasteiger partial charge on any atom is 0.338 e. The quantitative estimate of drug-likeness (QED) is 0.352. The normalized spacial score (nSPS) is 20.7. The predicted molar refractivity (Wildman–Crippen MR) is 144 cm³/mol. The van der Waals surface area contributed by atoms with Crippen molar-refractivity contribution in [1.29, 1.82) is 0 Å². The van der Waals surface area contributed by atoms with Crippen molar-refractivity contribution >= 4 is 35.1 Å². The molecule has 0 spiro atoms. The van der Waals surface area contributed by atoms with Gasteiger partial charge in [-0.2, -0.15) is 0 Å². The molecule has 1 aliphatic heterocycles. The van der Waals surface area contributed by atoms with Gasteiger partial charge in [0.15, 0.2) is 6.61 Å². The second kappa shape index (κ2) is 11.0. The maximum atomic E-state index is 13.4. The van der Waals surface area contributed by atoms with Gasteiger partial charge in [-0.15, -0.1) is 0 Å². The highest BCUT2D eigenvalue weighted by Gasteiger charge is 2.50. The number of carbonyl (C=O) groups excluding carboxylic acids is 4. The fourth-order valence-corrected chi connectivity index (χ4v) is 5.47. The molecule has 1 saturated heterocycles. The van der Waals surface area contributed by atoms with Crippen LogP contribution in [0.4, 0.5) is 11.4 Å². The third-order valence-electron chi connectivity index (χ3n) is 7.52. The zero-order chi connectivity index (χ0) is 26.6. The van der Waals surface area contributed by atoms with Crippen LogP contribution in [-0.4, -0.2) is 30.3 Å². The molecule has 1 saturated carbocycles. The van der Waals surface area contributed by atoms with Crippen LogP contribution in [0.3, 0.4) is 0 Å². The zero-order valence-electron chi connectivity index (χ0n) is 21.3. The van der Waals surface area contributed by atoms with E-state index in [4.69, 9.17) is 4.74 Å². The lowest BCUT2D eigenvalue weighted by atomic mass is 9.73. The van der Waals surface area contributed by atoms with E-state index < -0.39 is 18.5 Å². The van der Waals surface area contributed by atoms with Crippen LogP contribution in [0, 0.1) is 11.8 Å². The Morgan fingerprint density at radius 2 is 1.63 bits per heavy atom. The van der Waals surface area contributed by atoms with Crippen molar-refractivity contribution in [3.8, 4) is 0 Å². The van der Waals surface area contributed by atoms with Gasteiger partial charge in [0.25, 0.3) is 5.91 Å². The summed E-state index contributed by atoms with van der Waals surface area (Å²) in [6.07, 6.45) is 3.04. The van der Waals surface area contributed by atoms with Gasteiger partial charge in [-0.05, 0) is 73.1 Å².